The maximum atomic E-state index is 9.08. The third kappa shape index (κ3) is 5.15. The number of pyridine rings is 1. The van der Waals surface area contributed by atoms with E-state index in [4.69, 9.17) is 5.11 Å². The Morgan fingerprint density at radius 2 is 2.12 bits per heavy atom. The molecule has 4 heteroatoms. The second kappa shape index (κ2) is 6.47. The molecule has 96 valence electrons. The molecule has 0 aliphatic carbocycles. The minimum absolute atomic E-state index is 0.134. The smallest absolute Gasteiger partial charge is 0.106 e. The van der Waals surface area contributed by atoms with Crippen LogP contribution in [0.4, 0.5) is 0 Å². The van der Waals surface area contributed by atoms with Crippen LogP contribution >= 0.6 is 15.9 Å². The van der Waals surface area contributed by atoms with Crippen molar-refractivity contribution in [2.75, 3.05) is 6.61 Å². The molecule has 0 radical (unpaired) electrons. The quantitative estimate of drug-likeness (QED) is 0.822. The zero-order chi connectivity index (χ0) is 12.9. The fraction of sp³-hybridized carbons (Fsp3) is 0.615. The number of hydrogen-bond acceptors (Lipinski definition) is 3. The summed E-state index contributed by atoms with van der Waals surface area (Å²) in [7, 11) is 0. The van der Waals surface area contributed by atoms with Gasteiger partial charge in [-0.15, -0.1) is 0 Å². The molecule has 0 fully saturated rings. The fourth-order valence-corrected chi connectivity index (χ4v) is 2.13. The highest BCUT2D eigenvalue weighted by Gasteiger charge is 2.23. The van der Waals surface area contributed by atoms with E-state index in [2.05, 4.69) is 47.0 Å². The van der Waals surface area contributed by atoms with Crippen molar-refractivity contribution in [2.24, 2.45) is 5.41 Å². The molecule has 1 unspecified atom stereocenters. The predicted molar refractivity (Wildman–Crippen MR) is 73.7 cm³/mol. The van der Waals surface area contributed by atoms with Gasteiger partial charge in [0.25, 0.3) is 0 Å². The van der Waals surface area contributed by atoms with E-state index in [1.165, 1.54) is 0 Å². The van der Waals surface area contributed by atoms with Crippen LogP contribution in [0, 0.1) is 5.41 Å². The average Bonchev–Trinajstić information content (AvgIpc) is 2.22. The standard InChI is InChI=1S/C13H21BrN2O/c1-13(2,3)11(7-8-17)15-9-10-5-4-6-12(14)16-10/h4-6,11,15,17H,7-9H2,1-3H3. The second-order valence-electron chi connectivity index (χ2n) is 5.26. The van der Waals surface area contributed by atoms with E-state index in [-0.39, 0.29) is 18.1 Å². The molecule has 0 amide bonds. The highest BCUT2D eigenvalue weighted by Crippen LogP contribution is 2.22. The first-order chi connectivity index (χ1) is 7.93. The topological polar surface area (TPSA) is 45.1 Å². The van der Waals surface area contributed by atoms with Crippen LogP contribution in [0.3, 0.4) is 0 Å². The van der Waals surface area contributed by atoms with E-state index in [9.17, 15) is 0 Å². The molecular weight excluding hydrogens is 280 g/mol. The highest BCUT2D eigenvalue weighted by molar-refractivity contribution is 9.10. The van der Waals surface area contributed by atoms with Crippen molar-refractivity contribution in [2.45, 2.75) is 39.8 Å². The molecular formula is C13H21BrN2O. The summed E-state index contributed by atoms with van der Waals surface area (Å²) in [4.78, 5) is 4.38. The lowest BCUT2D eigenvalue weighted by molar-refractivity contribution is 0.196. The molecule has 1 rings (SSSR count). The van der Waals surface area contributed by atoms with Gasteiger partial charge in [-0.1, -0.05) is 26.8 Å². The molecule has 17 heavy (non-hydrogen) atoms. The van der Waals surface area contributed by atoms with Crippen molar-refractivity contribution >= 4 is 15.9 Å². The van der Waals surface area contributed by atoms with Crippen molar-refractivity contribution in [3.63, 3.8) is 0 Å². The molecule has 1 atom stereocenters. The first kappa shape index (κ1) is 14.6. The van der Waals surface area contributed by atoms with Gasteiger partial charge in [-0.05, 0) is 39.9 Å². The Balaban J connectivity index is 2.58. The van der Waals surface area contributed by atoms with Gasteiger partial charge in [0.2, 0.25) is 0 Å². The Kier molecular flexibility index (Phi) is 5.56. The molecule has 0 saturated heterocycles. The number of aliphatic hydroxyl groups is 1. The Morgan fingerprint density at radius 1 is 1.41 bits per heavy atom. The number of halogens is 1. The van der Waals surface area contributed by atoms with Gasteiger partial charge >= 0.3 is 0 Å². The Morgan fingerprint density at radius 3 is 2.65 bits per heavy atom. The van der Waals surface area contributed by atoms with Crippen molar-refractivity contribution < 1.29 is 5.11 Å². The maximum absolute atomic E-state index is 9.08. The van der Waals surface area contributed by atoms with Crippen molar-refractivity contribution in [3.05, 3.63) is 28.5 Å². The largest absolute Gasteiger partial charge is 0.396 e. The monoisotopic (exact) mass is 300 g/mol. The molecule has 2 N–H and O–H groups in total. The van der Waals surface area contributed by atoms with Gasteiger partial charge in [-0.3, -0.25) is 0 Å². The Hall–Kier alpha value is -0.450. The highest BCUT2D eigenvalue weighted by atomic mass is 79.9. The van der Waals surface area contributed by atoms with Crippen LogP contribution < -0.4 is 5.32 Å². The molecule has 0 bridgehead atoms. The summed E-state index contributed by atoms with van der Waals surface area (Å²) in [5.74, 6) is 0. The van der Waals surface area contributed by atoms with E-state index in [0.717, 1.165) is 23.3 Å². The van der Waals surface area contributed by atoms with E-state index >= 15 is 0 Å². The van der Waals surface area contributed by atoms with Crippen molar-refractivity contribution in [1.29, 1.82) is 0 Å². The van der Waals surface area contributed by atoms with Crippen LogP contribution in [0.25, 0.3) is 0 Å². The van der Waals surface area contributed by atoms with E-state index in [1.807, 2.05) is 18.2 Å². The van der Waals surface area contributed by atoms with E-state index < -0.39 is 0 Å². The summed E-state index contributed by atoms with van der Waals surface area (Å²) in [6.45, 7) is 7.46. The number of hydrogen-bond donors (Lipinski definition) is 2. The van der Waals surface area contributed by atoms with Crippen LogP contribution in [-0.2, 0) is 6.54 Å². The SMILES string of the molecule is CC(C)(C)C(CCO)NCc1cccc(Br)n1. The summed E-state index contributed by atoms with van der Waals surface area (Å²) in [5.41, 5.74) is 1.14. The van der Waals surface area contributed by atoms with Gasteiger partial charge in [0.05, 0.1) is 5.69 Å². The predicted octanol–water partition coefficient (Wildman–Crippen LogP) is 2.73. The van der Waals surface area contributed by atoms with Gasteiger partial charge in [0.1, 0.15) is 4.60 Å². The van der Waals surface area contributed by atoms with Crippen LogP contribution in [0.15, 0.2) is 22.8 Å². The first-order valence-electron chi connectivity index (χ1n) is 5.89. The summed E-state index contributed by atoms with van der Waals surface area (Å²) in [6, 6.07) is 6.18. The van der Waals surface area contributed by atoms with Gasteiger partial charge in [-0.2, -0.15) is 0 Å². The van der Waals surface area contributed by atoms with Crippen molar-refractivity contribution in [3.8, 4) is 0 Å². The van der Waals surface area contributed by atoms with E-state index in [1.54, 1.807) is 0 Å². The number of nitrogens with zero attached hydrogens (tertiary/aromatic N) is 1. The Labute approximate surface area is 112 Å². The number of nitrogens with one attached hydrogen (secondary N) is 1. The number of aliphatic hydroxyl groups excluding tert-OH is 1. The van der Waals surface area contributed by atoms with E-state index in [0.29, 0.717) is 0 Å². The van der Waals surface area contributed by atoms with Gasteiger partial charge in [-0.25, -0.2) is 4.98 Å². The molecule has 0 aliphatic rings. The lowest BCUT2D eigenvalue weighted by Crippen LogP contribution is -2.40. The number of aromatic nitrogens is 1. The summed E-state index contributed by atoms with van der Waals surface area (Å²) >= 11 is 3.36. The molecule has 0 spiro atoms. The summed E-state index contributed by atoms with van der Waals surface area (Å²) < 4.78 is 0.853. The third-order valence-corrected chi connectivity index (χ3v) is 3.21. The van der Waals surface area contributed by atoms with Gasteiger partial charge < -0.3 is 10.4 Å². The van der Waals surface area contributed by atoms with Crippen LogP contribution in [-0.4, -0.2) is 22.7 Å². The van der Waals surface area contributed by atoms with Crippen LogP contribution in [0.2, 0.25) is 0 Å². The molecule has 1 aromatic heterocycles. The second-order valence-corrected chi connectivity index (χ2v) is 6.08. The van der Waals surface area contributed by atoms with Gasteiger partial charge in [0.15, 0.2) is 0 Å². The summed E-state index contributed by atoms with van der Waals surface area (Å²) in [5, 5.41) is 12.5. The minimum atomic E-state index is 0.134. The molecule has 0 aliphatic heterocycles. The molecule has 0 saturated carbocycles. The van der Waals surface area contributed by atoms with Crippen molar-refractivity contribution in [1.82, 2.24) is 10.3 Å². The third-order valence-electron chi connectivity index (χ3n) is 2.77. The molecule has 1 aromatic rings. The zero-order valence-electron chi connectivity index (χ0n) is 10.7. The fourth-order valence-electron chi connectivity index (χ4n) is 1.75. The zero-order valence-corrected chi connectivity index (χ0v) is 12.3. The summed E-state index contributed by atoms with van der Waals surface area (Å²) in [6.07, 6.45) is 0.761. The first-order valence-corrected chi connectivity index (χ1v) is 6.68. The number of rotatable bonds is 5. The lowest BCUT2D eigenvalue weighted by Gasteiger charge is -2.31. The molecule has 1 heterocycles. The molecule has 3 nitrogen and oxygen atoms in total. The Bertz CT molecular complexity index is 350. The normalized spacial score (nSPS) is 13.7. The van der Waals surface area contributed by atoms with Crippen LogP contribution in [0.5, 0.6) is 0 Å². The average molecular weight is 301 g/mol. The molecule has 0 aromatic carbocycles. The van der Waals surface area contributed by atoms with Crippen LogP contribution in [0.1, 0.15) is 32.9 Å². The minimum Gasteiger partial charge on any atom is -0.396 e. The maximum Gasteiger partial charge on any atom is 0.106 e. The van der Waals surface area contributed by atoms with Gasteiger partial charge in [0, 0.05) is 19.2 Å². The lowest BCUT2D eigenvalue weighted by atomic mass is 9.85.